The molecule has 0 aromatic rings. The Kier molecular flexibility index (Phi) is 16.0. The Morgan fingerprint density at radius 2 is 1.33 bits per heavy atom. The fourth-order valence-corrected chi connectivity index (χ4v) is 5.77. The largest absolute Gasteiger partial charge is 0.481 e. The van der Waals surface area contributed by atoms with Gasteiger partial charge >= 0.3 is 11.9 Å². The van der Waals surface area contributed by atoms with Crippen LogP contribution in [0.4, 0.5) is 0 Å². The number of likely N-dealkylation sites (tertiary alicyclic amines) is 2. The number of aliphatic imine (C=N–C) groups is 1. The second-order valence-corrected chi connectivity index (χ2v) is 12.6. The third-order valence-corrected chi connectivity index (χ3v) is 8.43. The molecule has 21 nitrogen and oxygen atoms in total. The molecule has 6 amide bonds. The Labute approximate surface area is 294 Å². The number of carbonyl (C=O) groups is 8. The van der Waals surface area contributed by atoms with Gasteiger partial charge in [-0.3, -0.25) is 43.3 Å². The van der Waals surface area contributed by atoms with Gasteiger partial charge in [0.2, 0.25) is 35.4 Å². The zero-order valence-electron chi connectivity index (χ0n) is 28.9. The lowest BCUT2D eigenvalue weighted by molar-refractivity contribution is -0.145. The predicted molar refractivity (Wildman–Crippen MR) is 178 cm³/mol. The number of carbonyl (C=O) groups excluding carboxylic acids is 6. The number of guanidine groups is 1. The van der Waals surface area contributed by atoms with Crippen LogP contribution in [0.3, 0.4) is 0 Å². The molecule has 2 aliphatic rings. The summed E-state index contributed by atoms with van der Waals surface area (Å²) in [5.41, 5.74) is 16.4. The number of nitrogens with two attached hydrogens (primary N) is 3. The minimum absolute atomic E-state index is 0.0589. The van der Waals surface area contributed by atoms with Crippen molar-refractivity contribution < 1.29 is 53.7 Å². The average molecular weight is 727 g/mol. The number of hydrogen-bond acceptors (Lipinski definition) is 11. The maximum Gasteiger partial charge on any atom is 0.325 e. The number of amides is 6. The number of nitrogens with zero attached hydrogens (tertiary/aromatic N) is 3. The van der Waals surface area contributed by atoms with Crippen molar-refractivity contribution in [1.82, 2.24) is 31.1 Å². The van der Waals surface area contributed by atoms with Gasteiger partial charge in [0.15, 0.2) is 5.96 Å². The van der Waals surface area contributed by atoms with Crippen LogP contribution < -0.4 is 38.5 Å². The van der Waals surface area contributed by atoms with Crippen LogP contribution in [0.2, 0.25) is 0 Å². The van der Waals surface area contributed by atoms with E-state index in [-0.39, 0.29) is 51.3 Å². The highest BCUT2D eigenvalue weighted by molar-refractivity contribution is 5.98. The standard InChI is InChI=1S/C30H50N10O11/c1-14(31)27(48)39-11-5-9-20(39)25(46)37-18(13-21(42)43)23(44)38-22(16(3)41)26(47)36-17(7-4-10-34-30(32)33)28(49)40-12-6-8-19(40)24(45)35-15(2)29(50)51/h14-20,22,41H,4-13,31H2,1-3H3,(H,35,45)(H,36,47)(H,37,46)(H,38,44)(H,42,43)(H,50,51)(H4,32,33,34)/t14-,15-,16+,17-,18-,19-,20-,22-/m0/s1. The summed E-state index contributed by atoms with van der Waals surface area (Å²) >= 11 is 0. The molecule has 0 bridgehead atoms. The summed E-state index contributed by atoms with van der Waals surface area (Å²) in [6.45, 7) is 4.27. The molecule has 286 valence electrons. The van der Waals surface area contributed by atoms with Crippen LogP contribution in [0, 0.1) is 0 Å². The summed E-state index contributed by atoms with van der Waals surface area (Å²) in [5.74, 6) is -7.89. The fraction of sp³-hybridized carbons (Fsp3) is 0.700. The normalized spacial score (nSPS) is 20.5. The minimum atomic E-state index is -1.75. The van der Waals surface area contributed by atoms with E-state index in [0.29, 0.717) is 12.8 Å². The second-order valence-electron chi connectivity index (χ2n) is 12.6. The average Bonchev–Trinajstić information content (AvgIpc) is 3.74. The summed E-state index contributed by atoms with van der Waals surface area (Å²) in [4.78, 5) is 108. The topological polar surface area (TPSA) is 342 Å². The molecule has 0 aromatic heterocycles. The molecule has 2 saturated heterocycles. The number of aliphatic hydroxyl groups is 1. The third-order valence-electron chi connectivity index (χ3n) is 8.43. The van der Waals surface area contributed by atoms with Crippen molar-refractivity contribution in [2.75, 3.05) is 19.6 Å². The molecule has 0 radical (unpaired) electrons. The van der Waals surface area contributed by atoms with Gasteiger partial charge in [0.1, 0.15) is 36.3 Å². The van der Waals surface area contributed by atoms with Crippen molar-refractivity contribution in [3.63, 3.8) is 0 Å². The summed E-state index contributed by atoms with van der Waals surface area (Å²) in [6, 6.07) is -9.01. The highest BCUT2D eigenvalue weighted by Crippen LogP contribution is 2.21. The molecule has 13 N–H and O–H groups in total. The van der Waals surface area contributed by atoms with E-state index in [0.717, 1.165) is 6.92 Å². The molecule has 51 heavy (non-hydrogen) atoms. The van der Waals surface area contributed by atoms with Crippen LogP contribution in [0.1, 0.15) is 65.7 Å². The zero-order chi connectivity index (χ0) is 38.6. The van der Waals surface area contributed by atoms with Crippen LogP contribution in [-0.4, -0.2) is 146 Å². The molecule has 2 aliphatic heterocycles. The maximum absolute atomic E-state index is 13.8. The first kappa shape index (κ1) is 42.1. The molecule has 0 unspecified atom stereocenters. The monoisotopic (exact) mass is 726 g/mol. The van der Waals surface area contributed by atoms with Gasteiger partial charge in [0, 0.05) is 19.6 Å². The molecule has 21 heteroatoms. The number of carboxylic acids is 2. The van der Waals surface area contributed by atoms with Crippen LogP contribution >= 0.6 is 0 Å². The van der Waals surface area contributed by atoms with E-state index in [9.17, 15) is 53.7 Å². The first-order valence-electron chi connectivity index (χ1n) is 16.6. The van der Waals surface area contributed by atoms with Gasteiger partial charge in [-0.2, -0.15) is 0 Å². The Morgan fingerprint density at radius 3 is 1.82 bits per heavy atom. The highest BCUT2D eigenvalue weighted by Gasteiger charge is 2.41. The van der Waals surface area contributed by atoms with E-state index in [1.54, 1.807) is 0 Å². The molecule has 2 rings (SSSR count). The van der Waals surface area contributed by atoms with Gasteiger partial charge in [-0.25, -0.2) is 0 Å². The van der Waals surface area contributed by atoms with Gasteiger partial charge in [-0.1, -0.05) is 0 Å². The summed E-state index contributed by atoms with van der Waals surface area (Å²) in [5, 5.41) is 38.5. The highest BCUT2D eigenvalue weighted by atomic mass is 16.4. The number of aliphatic hydroxyl groups excluding tert-OH is 1. The Balaban J connectivity index is 2.27. The number of hydrogen-bond donors (Lipinski definition) is 10. The van der Waals surface area contributed by atoms with E-state index in [4.69, 9.17) is 17.2 Å². The van der Waals surface area contributed by atoms with Crippen molar-refractivity contribution in [3.05, 3.63) is 0 Å². The lowest BCUT2D eigenvalue weighted by Crippen LogP contribution is -2.61. The Bertz CT molecular complexity index is 1350. The van der Waals surface area contributed by atoms with E-state index >= 15 is 0 Å². The quantitative estimate of drug-likeness (QED) is 0.0360. The summed E-state index contributed by atoms with van der Waals surface area (Å²) in [7, 11) is 0. The Hall–Kier alpha value is -5.05. The maximum atomic E-state index is 13.8. The number of carboxylic acid groups (broad SMARTS) is 2. The number of nitrogens with one attached hydrogen (secondary N) is 4. The number of aliphatic carboxylic acids is 2. The minimum Gasteiger partial charge on any atom is -0.481 e. The van der Waals surface area contributed by atoms with Gasteiger partial charge in [0.25, 0.3) is 0 Å². The van der Waals surface area contributed by atoms with Crippen LogP contribution in [0.25, 0.3) is 0 Å². The van der Waals surface area contributed by atoms with Crippen LogP contribution in [-0.2, 0) is 38.4 Å². The van der Waals surface area contributed by atoms with E-state index in [2.05, 4.69) is 26.3 Å². The number of rotatable bonds is 18. The van der Waals surface area contributed by atoms with E-state index < -0.39 is 102 Å². The van der Waals surface area contributed by atoms with Gasteiger partial charge in [-0.15, -0.1) is 0 Å². The van der Waals surface area contributed by atoms with Crippen molar-refractivity contribution in [3.8, 4) is 0 Å². The van der Waals surface area contributed by atoms with Crippen molar-refractivity contribution in [1.29, 1.82) is 0 Å². The van der Waals surface area contributed by atoms with E-state index in [1.807, 2.05) is 0 Å². The summed E-state index contributed by atoms with van der Waals surface area (Å²) in [6.07, 6.45) is -1.08. The second kappa shape index (κ2) is 19.4. The van der Waals surface area contributed by atoms with E-state index in [1.165, 1.54) is 23.6 Å². The molecule has 0 aromatic carbocycles. The first-order valence-corrected chi connectivity index (χ1v) is 16.6. The Morgan fingerprint density at radius 1 is 0.784 bits per heavy atom. The molecule has 0 spiro atoms. The van der Waals surface area contributed by atoms with Crippen LogP contribution in [0.15, 0.2) is 4.99 Å². The predicted octanol–water partition coefficient (Wildman–Crippen LogP) is -4.73. The van der Waals surface area contributed by atoms with Crippen LogP contribution in [0.5, 0.6) is 0 Å². The smallest absolute Gasteiger partial charge is 0.325 e. The van der Waals surface area contributed by atoms with Gasteiger partial charge < -0.3 is 63.6 Å². The molecule has 0 aliphatic carbocycles. The van der Waals surface area contributed by atoms with Crippen molar-refractivity contribution >= 4 is 53.3 Å². The molecular weight excluding hydrogens is 676 g/mol. The van der Waals surface area contributed by atoms with Crippen molar-refractivity contribution in [2.45, 2.75) is 114 Å². The SMILES string of the molecule is C[C@H](N)C(=O)N1CCC[C@H]1C(=O)N[C@@H](CC(=O)O)C(=O)N[C@H](C(=O)N[C@@H](CCCN=C(N)N)C(=O)N1CCC[C@H]1C(=O)N[C@@H](C)C(=O)O)[C@@H](C)O. The zero-order valence-corrected chi connectivity index (χ0v) is 28.9. The lowest BCUT2D eigenvalue weighted by atomic mass is 10.1. The third kappa shape index (κ3) is 12.3. The van der Waals surface area contributed by atoms with Gasteiger partial charge in [0.05, 0.1) is 18.6 Å². The molecular formula is C30H50N10O11. The van der Waals surface area contributed by atoms with Crippen molar-refractivity contribution in [2.24, 2.45) is 22.2 Å². The lowest BCUT2D eigenvalue weighted by Gasteiger charge is -2.31. The first-order chi connectivity index (χ1) is 23.8. The summed E-state index contributed by atoms with van der Waals surface area (Å²) < 4.78 is 0. The molecule has 2 fully saturated rings. The molecule has 8 atom stereocenters. The molecule has 2 heterocycles. The van der Waals surface area contributed by atoms with Gasteiger partial charge in [-0.05, 0) is 59.3 Å². The fourth-order valence-electron chi connectivity index (χ4n) is 5.77. The molecule has 0 saturated carbocycles.